The van der Waals surface area contributed by atoms with Gasteiger partial charge in [0, 0.05) is 16.9 Å². The quantitative estimate of drug-likeness (QED) is 0.622. The van der Waals surface area contributed by atoms with Crippen molar-refractivity contribution >= 4 is 17.3 Å². The number of nitrogens with two attached hydrogens (primary N) is 1. The minimum Gasteiger partial charge on any atom is -0.465 e. The van der Waals surface area contributed by atoms with E-state index in [1.54, 1.807) is 12.1 Å². The fourth-order valence-electron chi connectivity index (χ4n) is 1.70. The largest absolute Gasteiger partial charge is 0.465 e. The molecule has 0 heterocycles. The molecule has 0 atom stereocenters. The Morgan fingerprint density at radius 3 is 2.50 bits per heavy atom. The molecule has 0 bridgehead atoms. The number of rotatable bonds is 5. The van der Waals surface area contributed by atoms with E-state index in [1.807, 2.05) is 6.07 Å². The third kappa shape index (κ3) is 3.15. The minimum atomic E-state index is -0.376. The average molecular weight is 250 g/mol. The summed E-state index contributed by atoms with van der Waals surface area (Å²) in [5.74, 6) is -0.376. The zero-order valence-electron chi connectivity index (χ0n) is 11.5. The van der Waals surface area contributed by atoms with E-state index in [0.29, 0.717) is 11.3 Å². The molecule has 0 saturated carbocycles. The normalized spacial score (nSPS) is 11.1. The smallest absolute Gasteiger partial charge is 0.340 e. The van der Waals surface area contributed by atoms with Crippen LogP contribution in [0.15, 0.2) is 18.2 Å². The van der Waals surface area contributed by atoms with Crippen molar-refractivity contribution in [3.63, 3.8) is 0 Å². The van der Waals surface area contributed by atoms with Crippen molar-refractivity contribution in [1.82, 2.24) is 0 Å². The summed E-state index contributed by atoms with van der Waals surface area (Å²) in [6.45, 7) is 6.36. The van der Waals surface area contributed by atoms with Crippen molar-refractivity contribution in [3.05, 3.63) is 23.8 Å². The summed E-state index contributed by atoms with van der Waals surface area (Å²) < 4.78 is 4.78. The van der Waals surface area contributed by atoms with Gasteiger partial charge in [-0.1, -0.05) is 13.8 Å². The summed E-state index contributed by atoms with van der Waals surface area (Å²) in [5, 5.41) is 3.41. The number of nitrogen functional groups attached to an aromatic ring is 1. The van der Waals surface area contributed by atoms with Crippen LogP contribution in [0.3, 0.4) is 0 Å². The first-order valence-electron chi connectivity index (χ1n) is 6.21. The summed E-state index contributed by atoms with van der Waals surface area (Å²) in [6, 6.07) is 5.24. The number of methoxy groups -OCH3 is 1. The van der Waals surface area contributed by atoms with Crippen LogP contribution in [0.4, 0.5) is 11.4 Å². The van der Waals surface area contributed by atoms with Gasteiger partial charge in [-0.25, -0.2) is 4.79 Å². The van der Waals surface area contributed by atoms with Gasteiger partial charge in [-0.3, -0.25) is 0 Å². The highest BCUT2D eigenvalue weighted by atomic mass is 16.5. The first-order chi connectivity index (χ1) is 8.45. The van der Waals surface area contributed by atoms with Crippen LogP contribution in [-0.2, 0) is 4.74 Å². The predicted molar refractivity (Wildman–Crippen MR) is 74.8 cm³/mol. The van der Waals surface area contributed by atoms with Gasteiger partial charge in [0.2, 0.25) is 0 Å². The van der Waals surface area contributed by atoms with Gasteiger partial charge in [0.1, 0.15) is 0 Å². The zero-order chi connectivity index (χ0) is 13.8. The van der Waals surface area contributed by atoms with Crippen molar-refractivity contribution in [1.29, 1.82) is 0 Å². The van der Waals surface area contributed by atoms with Crippen molar-refractivity contribution in [3.8, 4) is 0 Å². The Balaban J connectivity index is 3.12. The number of esters is 1. The molecule has 0 radical (unpaired) electrons. The number of hydrogen-bond acceptors (Lipinski definition) is 4. The highest BCUT2D eigenvalue weighted by Gasteiger charge is 2.22. The molecule has 0 aliphatic heterocycles. The lowest BCUT2D eigenvalue weighted by atomic mass is 9.94. The van der Waals surface area contributed by atoms with E-state index in [0.717, 1.165) is 18.5 Å². The third-order valence-electron chi connectivity index (χ3n) is 3.45. The second-order valence-corrected chi connectivity index (χ2v) is 4.69. The summed E-state index contributed by atoms with van der Waals surface area (Å²) >= 11 is 0. The van der Waals surface area contributed by atoms with Crippen LogP contribution in [0.25, 0.3) is 0 Å². The molecule has 1 aromatic carbocycles. The molecule has 0 fully saturated rings. The van der Waals surface area contributed by atoms with Gasteiger partial charge in [0.25, 0.3) is 0 Å². The number of ether oxygens (including phenoxy) is 1. The van der Waals surface area contributed by atoms with E-state index in [9.17, 15) is 4.79 Å². The Hall–Kier alpha value is -1.71. The molecule has 1 aromatic rings. The molecule has 1 rings (SSSR count). The third-order valence-corrected chi connectivity index (χ3v) is 3.45. The van der Waals surface area contributed by atoms with Gasteiger partial charge in [-0.2, -0.15) is 0 Å². The molecular formula is C14H22N2O2. The molecule has 4 nitrogen and oxygen atoms in total. The van der Waals surface area contributed by atoms with Crippen molar-refractivity contribution in [2.75, 3.05) is 18.2 Å². The molecule has 18 heavy (non-hydrogen) atoms. The number of carbonyl (C=O) groups is 1. The number of hydrogen-bond donors (Lipinski definition) is 2. The maximum Gasteiger partial charge on any atom is 0.340 e. The summed E-state index contributed by atoms with van der Waals surface area (Å²) in [7, 11) is 1.37. The molecule has 3 N–H and O–H groups in total. The lowest BCUT2D eigenvalue weighted by molar-refractivity contribution is 0.0602. The van der Waals surface area contributed by atoms with E-state index >= 15 is 0 Å². The molecule has 0 unspecified atom stereocenters. The van der Waals surface area contributed by atoms with Crippen LogP contribution >= 0.6 is 0 Å². The Kier molecular flexibility index (Phi) is 4.59. The van der Waals surface area contributed by atoms with Crippen LogP contribution in [0.1, 0.15) is 44.0 Å². The molecule has 0 amide bonds. The molecular weight excluding hydrogens is 228 g/mol. The summed E-state index contributed by atoms with van der Waals surface area (Å²) in [4.78, 5) is 11.7. The van der Waals surface area contributed by atoms with Crippen molar-refractivity contribution in [2.24, 2.45) is 0 Å². The number of nitrogens with one attached hydrogen (secondary N) is 1. The van der Waals surface area contributed by atoms with E-state index in [4.69, 9.17) is 10.5 Å². The molecule has 0 spiro atoms. The highest BCUT2D eigenvalue weighted by molar-refractivity contribution is 5.96. The van der Waals surface area contributed by atoms with Gasteiger partial charge >= 0.3 is 5.97 Å². The predicted octanol–water partition coefficient (Wildman–Crippen LogP) is 3.05. The lowest BCUT2D eigenvalue weighted by Gasteiger charge is -2.30. The van der Waals surface area contributed by atoms with Gasteiger partial charge < -0.3 is 15.8 Å². The fourth-order valence-corrected chi connectivity index (χ4v) is 1.70. The zero-order valence-corrected chi connectivity index (χ0v) is 11.5. The average Bonchev–Trinajstić information content (AvgIpc) is 2.39. The van der Waals surface area contributed by atoms with E-state index < -0.39 is 0 Å². The molecule has 0 aliphatic carbocycles. The highest BCUT2D eigenvalue weighted by Crippen LogP contribution is 2.26. The van der Waals surface area contributed by atoms with Crippen LogP contribution in [0.2, 0.25) is 0 Å². The maximum atomic E-state index is 11.7. The summed E-state index contributed by atoms with van der Waals surface area (Å²) in [6.07, 6.45) is 1.93. The van der Waals surface area contributed by atoms with Gasteiger partial charge in [0.15, 0.2) is 0 Å². The lowest BCUT2D eigenvalue weighted by Crippen LogP contribution is -2.33. The molecule has 100 valence electrons. The second kappa shape index (κ2) is 5.76. The minimum absolute atomic E-state index is 0.0428. The van der Waals surface area contributed by atoms with Crippen molar-refractivity contribution in [2.45, 2.75) is 39.2 Å². The van der Waals surface area contributed by atoms with E-state index in [2.05, 4.69) is 26.1 Å². The number of anilines is 2. The summed E-state index contributed by atoms with van der Waals surface area (Å²) in [5.41, 5.74) is 7.47. The molecule has 0 saturated heterocycles. The number of carbonyl (C=O) groups excluding carboxylic acids is 1. The first-order valence-corrected chi connectivity index (χ1v) is 6.21. The first kappa shape index (κ1) is 14.4. The SMILES string of the molecule is CCC(C)(CC)Nc1ccc(N)cc1C(=O)OC. The van der Waals surface area contributed by atoms with Crippen LogP contribution in [0, 0.1) is 0 Å². The standard InChI is InChI=1S/C14H22N2O2/c1-5-14(3,6-2)16-12-8-7-10(15)9-11(12)13(17)18-4/h7-9,16H,5-6,15H2,1-4H3. The molecule has 0 aromatic heterocycles. The van der Waals surface area contributed by atoms with Crippen LogP contribution in [0.5, 0.6) is 0 Å². The van der Waals surface area contributed by atoms with Gasteiger partial charge in [0.05, 0.1) is 12.7 Å². The topological polar surface area (TPSA) is 64.3 Å². The number of benzene rings is 1. The van der Waals surface area contributed by atoms with E-state index in [-0.39, 0.29) is 11.5 Å². The Morgan fingerprint density at radius 1 is 1.39 bits per heavy atom. The van der Waals surface area contributed by atoms with E-state index in [1.165, 1.54) is 7.11 Å². The Morgan fingerprint density at radius 2 is 2.00 bits per heavy atom. The van der Waals surface area contributed by atoms with Crippen molar-refractivity contribution < 1.29 is 9.53 Å². The van der Waals surface area contributed by atoms with Crippen LogP contribution < -0.4 is 11.1 Å². The Labute approximate surface area is 109 Å². The second-order valence-electron chi connectivity index (χ2n) is 4.69. The fraction of sp³-hybridized carbons (Fsp3) is 0.500. The molecule has 4 heteroatoms. The molecule has 0 aliphatic rings. The van der Waals surface area contributed by atoms with Gasteiger partial charge in [-0.05, 0) is 38.0 Å². The monoisotopic (exact) mass is 250 g/mol. The maximum absolute atomic E-state index is 11.7. The van der Waals surface area contributed by atoms with Gasteiger partial charge in [-0.15, -0.1) is 0 Å². The Bertz CT molecular complexity index is 426. The van der Waals surface area contributed by atoms with Crippen LogP contribution in [-0.4, -0.2) is 18.6 Å².